The Kier molecular flexibility index (Phi) is 5.88. The first-order chi connectivity index (χ1) is 12.6. The van der Waals surface area contributed by atoms with Crippen LogP contribution in [0.2, 0.25) is 0 Å². The van der Waals surface area contributed by atoms with Crippen molar-refractivity contribution in [3.8, 4) is 16.3 Å². The standard InChI is InChI=1S/C19H22N2O4S/c1-25-15-8-5-13(6-9-15)18-20-16(12-26-18)19(24)21-11-3-2-4-14(21)7-10-17(22)23/h5-6,8-9,12,14H,2-4,7,10-11H2,1H3,(H,22,23)/t14-/m0/s1. The van der Waals surface area contributed by atoms with Gasteiger partial charge in [0.1, 0.15) is 16.5 Å². The highest BCUT2D eigenvalue weighted by Gasteiger charge is 2.29. The van der Waals surface area contributed by atoms with Crippen LogP contribution in [0.25, 0.3) is 10.6 Å². The molecule has 0 aliphatic carbocycles. The molecule has 1 aliphatic heterocycles. The monoisotopic (exact) mass is 374 g/mol. The van der Waals surface area contributed by atoms with E-state index in [4.69, 9.17) is 9.84 Å². The number of nitrogens with zero attached hydrogens (tertiary/aromatic N) is 2. The van der Waals surface area contributed by atoms with Crippen LogP contribution in [-0.4, -0.2) is 46.6 Å². The molecule has 138 valence electrons. The number of ether oxygens (including phenoxy) is 1. The molecule has 0 saturated carbocycles. The van der Waals surface area contributed by atoms with E-state index >= 15 is 0 Å². The van der Waals surface area contributed by atoms with Crippen molar-refractivity contribution in [3.05, 3.63) is 35.3 Å². The summed E-state index contributed by atoms with van der Waals surface area (Å²) in [4.78, 5) is 30.1. The highest BCUT2D eigenvalue weighted by Crippen LogP contribution is 2.28. The summed E-state index contributed by atoms with van der Waals surface area (Å²) in [6.45, 7) is 0.665. The van der Waals surface area contributed by atoms with Crippen LogP contribution in [0.1, 0.15) is 42.6 Å². The van der Waals surface area contributed by atoms with Gasteiger partial charge in [-0.25, -0.2) is 4.98 Å². The van der Waals surface area contributed by atoms with Crippen LogP contribution >= 0.6 is 11.3 Å². The first-order valence-electron chi connectivity index (χ1n) is 8.71. The van der Waals surface area contributed by atoms with Gasteiger partial charge < -0.3 is 14.7 Å². The van der Waals surface area contributed by atoms with Crippen molar-refractivity contribution in [1.82, 2.24) is 9.88 Å². The number of thiazole rings is 1. The first-order valence-corrected chi connectivity index (χ1v) is 9.59. The summed E-state index contributed by atoms with van der Waals surface area (Å²) >= 11 is 1.43. The maximum Gasteiger partial charge on any atom is 0.303 e. The van der Waals surface area contributed by atoms with Gasteiger partial charge in [0.2, 0.25) is 0 Å². The zero-order valence-electron chi connectivity index (χ0n) is 14.7. The molecule has 1 aliphatic rings. The van der Waals surface area contributed by atoms with Crippen molar-refractivity contribution in [2.75, 3.05) is 13.7 Å². The molecule has 0 spiro atoms. The van der Waals surface area contributed by atoms with E-state index in [1.165, 1.54) is 11.3 Å². The Labute approximate surface area is 156 Å². The smallest absolute Gasteiger partial charge is 0.303 e. The Bertz CT molecular complexity index is 772. The summed E-state index contributed by atoms with van der Waals surface area (Å²) in [6, 6.07) is 7.55. The predicted octanol–water partition coefficient (Wildman–Crippen LogP) is 3.68. The summed E-state index contributed by atoms with van der Waals surface area (Å²) in [7, 11) is 1.62. The molecule has 1 fully saturated rings. The number of amides is 1. The number of hydrogen-bond acceptors (Lipinski definition) is 5. The summed E-state index contributed by atoms with van der Waals surface area (Å²) in [5.41, 5.74) is 1.37. The third-order valence-corrected chi connectivity index (χ3v) is 5.53. The summed E-state index contributed by atoms with van der Waals surface area (Å²) in [5.74, 6) is -0.147. The van der Waals surface area contributed by atoms with E-state index in [-0.39, 0.29) is 18.4 Å². The fourth-order valence-electron chi connectivity index (χ4n) is 3.24. The predicted molar refractivity (Wildman–Crippen MR) is 99.6 cm³/mol. The van der Waals surface area contributed by atoms with Crippen molar-refractivity contribution in [2.24, 2.45) is 0 Å². The third-order valence-electron chi connectivity index (χ3n) is 4.64. The van der Waals surface area contributed by atoms with Crippen LogP contribution in [0.3, 0.4) is 0 Å². The molecule has 2 aromatic rings. The van der Waals surface area contributed by atoms with Crippen molar-refractivity contribution in [2.45, 2.75) is 38.1 Å². The highest BCUT2D eigenvalue weighted by atomic mass is 32.1. The van der Waals surface area contributed by atoms with Crippen LogP contribution in [-0.2, 0) is 4.79 Å². The van der Waals surface area contributed by atoms with E-state index in [0.717, 1.165) is 35.6 Å². The fraction of sp³-hybridized carbons (Fsp3) is 0.421. The number of carboxylic acids is 1. The molecule has 6 nitrogen and oxygen atoms in total. The van der Waals surface area contributed by atoms with Gasteiger partial charge in [-0.05, 0) is 49.9 Å². The average Bonchev–Trinajstić information content (AvgIpc) is 3.16. The Balaban J connectivity index is 1.74. The number of carbonyl (C=O) groups is 2. The van der Waals surface area contributed by atoms with E-state index in [0.29, 0.717) is 18.7 Å². The molecule has 26 heavy (non-hydrogen) atoms. The lowest BCUT2D eigenvalue weighted by atomic mass is 9.97. The normalized spacial score (nSPS) is 17.1. The number of aromatic nitrogens is 1. The molecule has 0 bridgehead atoms. The van der Waals surface area contributed by atoms with E-state index < -0.39 is 5.97 Å². The molecular weight excluding hydrogens is 352 g/mol. The van der Waals surface area contributed by atoms with E-state index in [1.54, 1.807) is 17.4 Å². The van der Waals surface area contributed by atoms with Gasteiger partial charge in [-0.2, -0.15) is 0 Å². The SMILES string of the molecule is COc1ccc(-c2nc(C(=O)N3CCCC[C@H]3CCC(=O)O)cs2)cc1. The van der Waals surface area contributed by atoms with Crippen molar-refractivity contribution >= 4 is 23.2 Å². The Morgan fingerprint density at radius 3 is 2.77 bits per heavy atom. The number of carboxylic acid groups (broad SMARTS) is 1. The second-order valence-corrected chi connectivity index (χ2v) is 7.21. The van der Waals surface area contributed by atoms with Gasteiger partial charge in [0.15, 0.2) is 0 Å². The second-order valence-electron chi connectivity index (χ2n) is 6.35. The quantitative estimate of drug-likeness (QED) is 0.834. The molecular formula is C19H22N2O4S. The number of aliphatic carboxylic acids is 1. The largest absolute Gasteiger partial charge is 0.497 e. The maximum absolute atomic E-state index is 12.9. The summed E-state index contributed by atoms with van der Waals surface area (Å²) < 4.78 is 5.16. The van der Waals surface area contributed by atoms with Gasteiger partial charge in [-0.1, -0.05) is 0 Å². The van der Waals surface area contributed by atoms with Gasteiger partial charge in [0.05, 0.1) is 7.11 Å². The zero-order valence-corrected chi connectivity index (χ0v) is 15.5. The molecule has 3 rings (SSSR count). The minimum atomic E-state index is -0.821. The number of benzene rings is 1. The molecule has 1 aromatic carbocycles. The van der Waals surface area contributed by atoms with Gasteiger partial charge in [0, 0.05) is 30.0 Å². The third kappa shape index (κ3) is 4.22. The molecule has 1 N–H and O–H groups in total. The van der Waals surface area contributed by atoms with Crippen LogP contribution < -0.4 is 4.74 Å². The molecule has 1 amide bonds. The molecule has 1 saturated heterocycles. The average molecular weight is 374 g/mol. The van der Waals surface area contributed by atoms with Crippen molar-refractivity contribution in [1.29, 1.82) is 0 Å². The van der Waals surface area contributed by atoms with E-state index in [1.807, 2.05) is 24.3 Å². The maximum atomic E-state index is 12.9. The minimum absolute atomic E-state index is 0.0153. The van der Waals surface area contributed by atoms with Gasteiger partial charge >= 0.3 is 5.97 Å². The highest BCUT2D eigenvalue weighted by molar-refractivity contribution is 7.13. The van der Waals surface area contributed by atoms with E-state index in [2.05, 4.69) is 4.98 Å². The first kappa shape index (κ1) is 18.4. The Morgan fingerprint density at radius 1 is 1.31 bits per heavy atom. The Hall–Kier alpha value is -2.41. The summed E-state index contributed by atoms with van der Waals surface area (Å²) in [5, 5.41) is 11.5. The topological polar surface area (TPSA) is 79.7 Å². The van der Waals surface area contributed by atoms with Gasteiger partial charge in [-0.3, -0.25) is 9.59 Å². The fourth-order valence-corrected chi connectivity index (χ4v) is 4.04. The van der Waals surface area contributed by atoms with Crippen molar-refractivity contribution in [3.63, 3.8) is 0 Å². The van der Waals surface area contributed by atoms with E-state index in [9.17, 15) is 9.59 Å². The van der Waals surface area contributed by atoms with Crippen LogP contribution in [0.4, 0.5) is 0 Å². The second kappa shape index (κ2) is 8.31. The summed E-state index contributed by atoms with van der Waals surface area (Å²) in [6.07, 6.45) is 3.42. The lowest BCUT2D eigenvalue weighted by Gasteiger charge is -2.35. The number of carbonyl (C=O) groups excluding carboxylic acids is 1. The molecule has 1 aromatic heterocycles. The lowest BCUT2D eigenvalue weighted by molar-refractivity contribution is -0.137. The molecule has 0 radical (unpaired) electrons. The van der Waals surface area contributed by atoms with Gasteiger partial charge in [-0.15, -0.1) is 11.3 Å². The van der Waals surface area contributed by atoms with Crippen LogP contribution in [0, 0.1) is 0 Å². The molecule has 0 unspecified atom stereocenters. The molecule has 2 heterocycles. The van der Waals surface area contributed by atoms with Crippen molar-refractivity contribution < 1.29 is 19.4 Å². The number of likely N-dealkylation sites (tertiary alicyclic amines) is 1. The molecule has 1 atom stereocenters. The number of hydrogen-bond donors (Lipinski definition) is 1. The lowest BCUT2D eigenvalue weighted by Crippen LogP contribution is -2.44. The minimum Gasteiger partial charge on any atom is -0.497 e. The number of methoxy groups -OCH3 is 1. The van der Waals surface area contributed by atoms with Gasteiger partial charge in [0.25, 0.3) is 5.91 Å². The Morgan fingerprint density at radius 2 is 2.08 bits per heavy atom. The molecule has 7 heteroatoms. The number of piperidine rings is 1. The zero-order chi connectivity index (χ0) is 18.5. The van der Waals surface area contributed by atoms with Crippen LogP contribution in [0.15, 0.2) is 29.6 Å². The van der Waals surface area contributed by atoms with Crippen LogP contribution in [0.5, 0.6) is 5.75 Å². The number of rotatable bonds is 6.